The molecule has 2 aromatic carbocycles. The summed E-state index contributed by atoms with van der Waals surface area (Å²) < 4.78 is 66.6. The number of carbonyl (C=O) groups is 1. The maximum absolute atomic E-state index is 13.3. The van der Waals surface area contributed by atoms with Gasteiger partial charge in [-0.05, 0) is 61.2 Å². The average molecular weight is 541 g/mol. The highest BCUT2D eigenvalue weighted by molar-refractivity contribution is 7.92. The summed E-state index contributed by atoms with van der Waals surface area (Å²) in [6, 6.07) is 12.3. The van der Waals surface area contributed by atoms with Crippen LogP contribution in [-0.2, 0) is 34.0 Å². The van der Waals surface area contributed by atoms with E-state index in [1.165, 1.54) is 10.4 Å². The Morgan fingerprint density at radius 2 is 1.94 bits per heavy atom. The number of aromatic nitrogens is 2. The van der Waals surface area contributed by atoms with Crippen molar-refractivity contribution in [3.8, 4) is 5.69 Å². The summed E-state index contributed by atoms with van der Waals surface area (Å²) in [6.45, 7) is 1.90. The van der Waals surface area contributed by atoms with Gasteiger partial charge in [-0.25, -0.2) is 13.1 Å². The van der Waals surface area contributed by atoms with Gasteiger partial charge in [-0.2, -0.15) is 18.3 Å². The van der Waals surface area contributed by atoms with Gasteiger partial charge in [0.05, 0.1) is 35.8 Å². The fourth-order valence-electron chi connectivity index (χ4n) is 4.19. The van der Waals surface area contributed by atoms with Gasteiger partial charge in [0.2, 0.25) is 15.9 Å². The Bertz CT molecular complexity index is 1410. The Labute approximate surface area is 211 Å². The van der Waals surface area contributed by atoms with Gasteiger partial charge in [0.25, 0.3) is 0 Å². The number of carbonyl (C=O) groups excluding carboxylic acids is 1. The van der Waals surface area contributed by atoms with Gasteiger partial charge in [0.15, 0.2) is 5.69 Å². The van der Waals surface area contributed by atoms with E-state index in [2.05, 4.69) is 10.4 Å². The SMILES string of the molecule is CC(C(=O)NCc1cc(C(F)(F)F)nn1-c1cccc(Cl)c1)c1ccc2c(c1)CCCN2S(C)(=O)=O. The fraction of sp³-hybridized carbons (Fsp3) is 0.333. The third-order valence-corrected chi connectivity index (χ3v) is 7.46. The van der Waals surface area contributed by atoms with Crippen molar-refractivity contribution >= 4 is 33.2 Å². The van der Waals surface area contributed by atoms with Gasteiger partial charge in [-0.3, -0.25) is 9.10 Å². The molecule has 1 atom stereocenters. The number of fused-ring (bicyclic) bond motifs is 1. The molecule has 7 nitrogen and oxygen atoms in total. The fourth-order valence-corrected chi connectivity index (χ4v) is 5.37. The molecule has 0 spiro atoms. The summed E-state index contributed by atoms with van der Waals surface area (Å²) in [4.78, 5) is 12.9. The molecule has 0 fully saturated rings. The van der Waals surface area contributed by atoms with Crippen molar-refractivity contribution in [3.05, 3.63) is 76.1 Å². The second kappa shape index (κ2) is 9.78. The van der Waals surface area contributed by atoms with Crippen molar-refractivity contribution in [3.63, 3.8) is 0 Å². The molecular weight excluding hydrogens is 517 g/mol. The topological polar surface area (TPSA) is 84.3 Å². The lowest BCUT2D eigenvalue weighted by Crippen LogP contribution is -2.34. The van der Waals surface area contributed by atoms with Crippen LogP contribution in [0.15, 0.2) is 48.5 Å². The van der Waals surface area contributed by atoms with Gasteiger partial charge >= 0.3 is 6.18 Å². The van der Waals surface area contributed by atoms with Crippen LogP contribution in [0.3, 0.4) is 0 Å². The Morgan fingerprint density at radius 3 is 2.61 bits per heavy atom. The number of halogens is 4. The Hall–Kier alpha value is -3.05. The molecule has 0 bridgehead atoms. The smallest absolute Gasteiger partial charge is 0.350 e. The minimum absolute atomic E-state index is 0.138. The largest absolute Gasteiger partial charge is 0.435 e. The lowest BCUT2D eigenvalue weighted by molar-refractivity contribution is -0.141. The third kappa shape index (κ3) is 5.52. The number of sulfonamides is 1. The average Bonchev–Trinajstić information content (AvgIpc) is 3.25. The van der Waals surface area contributed by atoms with Gasteiger partial charge in [0, 0.05) is 11.6 Å². The summed E-state index contributed by atoms with van der Waals surface area (Å²) in [5, 5.41) is 6.71. The van der Waals surface area contributed by atoms with Crippen LogP contribution in [0.1, 0.15) is 41.8 Å². The predicted octanol–water partition coefficient (Wildman–Crippen LogP) is 4.68. The Balaban J connectivity index is 1.54. The standard InChI is InChI=1S/C24H24ClF3N4O3S/c1-15(16-8-9-21-17(11-16)5-4-10-31(21)36(2,34)35)23(33)29-14-20-13-22(24(26,27)28)30-32(20)19-7-3-6-18(25)12-19/h3,6-9,11-13,15H,4-5,10,14H2,1-2H3,(H,29,33). The molecule has 12 heteroatoms. The number of hydrogen-bond donors (Lipinski definition) is 1. The first kappa shape index (κ1) is 26.0. The van der Waals surface area contributed by atoms with Crippen LogP contribution in [0.2, 0.25) is 5.02 Å². The highest BCUT2D eigenvalue weighted by Gasteiger charge is 2.35. The van der Waals surface area contributed by atoms with Crippen LogP contribution in [0.4, 0.5) is 18.9 Å². The Morgan fingerprint density at radius 1 is 1.19 bits per heavy atom. The van der Waals surface area contributed by atoms with E-state index in [-0.39, 0.29) is 12.2 Å². The molecule has 0 radical (unpaired) electrons. The molecule has 192 valence electrons. The Kier molecular flexibility index (Phi) is 7.07. The second-order valence-corrected chi connectivity index (χ2v) is 11.0. The lowest BCUT2D eigenvalue weighted by Gasteiger charge is -2.30. The minimum Gasteiger partial charge on any atom is -0.350 e. The van der Waals surface area contributed by atoms with E-state index in [0.29, 0.717) is 41.3 Å². The van der Waals surface area contributed by atoms with E-state index >= 15 is 0 Å². The summed E-state index contributed by atoms with van der Waals surface area (Å²) in [5.41, 5.74) is 1.51. The molecular formula is C24H24ClF3N4O3S. The highest BCUT2D eigenvalue weighted by Crippen LogP contribution is 2.32. The molecule has 1 amide bonds. The van der Waals surface area contributed by atoms with Crippen LogP contribution in [-0.4, -0.2) is 36.9 Å². The van der Waals surface area contributed by atoms with Crippen LogP contribution in [0, 0.1) is 0 Å². The van der Waals surface area contributed by atoms with E-state index in [1.54, 1.807) is 37.3 Å². The second-order valence-electron chi connectivity index (χ2n) is 8.68. The number of anilines is 1. The first-order valence-electron chi connectivity index (χ1n) is 11.1. The number of aryl methyl sites for hydroxylation is 1. The molecule has 1 aliphatic heterocycles. The number of benzene rings is 2. The predicted molar refractivity (Wildman–Crippen MR) is 131 cm³/mol. The molecule has 0 aliphatic carbocycles. The molecule has 0 saturated heterocycles. The summed E-state index contributed by atoms with van der Waals surface area (Å²) in [5.74, 6) is -1.01. The molecule has 1 aromatic heterocycles. The molecule has 4 rings (SSSR count). The van der Waals surface area contributed by atoms with Crippen molar-refractivity contribution in [1.29, 1.82) is 0 Å². The monoisotopic (exact) mass is 540 g/mol. The highest BCUT2D eigenvalue weighted by atomic mass is 35.5. The quantitative estimate of drug-likeness (QED) is 0.492. The van der Waals surface area contributed by atoms with E-state index in [9.17, 15) is 26.4 Å². The minimum atomic E-state index is -4.65. The number of nitrogens with zero attached hydrogens (tertiary/aromatic N) is 3. The number of rotatable bonds is 6. The number of hydrogen-bond acceptors (Lipinski definition) is 4. The molecule has 1 N–H and O–H groups in total. The molecule has 2 heterocycles. The van der Waals surface area contributed by atoms with Crippen molar-refractivity contribution in [1.82, 2.24) is 15.1 Å². The van der Waals surface area contributed by atoms with Gasteiger partial charge in [0.1, 0.15) is 0 Å². The summed E-state index contributed by atoms with van der Waals surface area (Å²) >= 11 is 6.00. The van der Waals surface area contributed by atoms with Crippen molar-refractivity contribution in [2.45, 2.75) is 38.4 Å². The zero-order valence-corrected chi connectivity index (χ0v) is 21.1. The maximum atomic E-state index is 13.3. The zero-order valence-electron chi connectivity index (χ0n) is 19.5. The van der Waals surface area contributed by atoms with Gasteiger partial charge in [-0.15, -0.1) is 0 Å². The molecule has 0 saturated carbocycles. The molecule has 3 aromatic rings. The van der Waals surface area contributed by atoms with E-state index in [4.69, 9.17) is 11.6 Å². The maximum Gasteiger partial charge on any atom is 0.435 e. The normalized spacial score (nSPS) is 14.9. The summed E-state index contributed by atoms with van der Waals surface area (Å²) in [6.07, 6.45) is -2.15. The van der Waals surface area contributed by atoms with Crippen LogP contribution in [0.5, 0.6) is 0 Å². The van der Waals surface area contributed by atoms with Crippen LogP contribution in [0.25, 0.3) is 5.69 Å². The number of amides is 1. The van der Waals surface area contributed by atoms with Gasteiger partial charge < -0.3 is 5.32 Å². The van der Waals surface area contributed by atoms with E-state index < -0.39 is 33.7 Å². The summed E-state index contributed by atoms with van der Waals surface area (Å²) in [7, 11) is -3.41. The molecule has 1 unspecified atom stereocenters. The molecule has 36 heavy (non-hydrogen) atoms. The first-order valence-corrected chi connectivity index (χ1v) is 13.4. The lowest BCUT2D eigenvalue weighted by atomic mass is 9.94. The van der Waals surface area contributed by atoms with Crippen LogP contribution < -0.4 is 9.62 Å². The number of alkyl halides is 3. The van der Waals surface area contributed by atoms with Gasteiger partial charge in [-0.1, -0.05) is 29.8 Å². The van der Waals surface area contributed by atoms with Crippen molar-refractivity contribution < 1.29 is 26.4 Å². The zero-order chi connectivity index (χ0) is 26.3. The number of nitrogens with one attached hydrogen (secondary N) is 1. The van der Waals surface area contributed by atoms with Crippen molar-refractivity contribution in [2.75, 3.05) is 17.1 Å². The van der Waals surface area contributed by atoms with E-state index in [0.717, 1.165) is 22.6 Å². The van der Waals surface area contributed by atoms with Crippen molar-refractivity contribution in [2.24, 2.45) is 0 Å². The third-order valence-electron chi connectivity index (χ3n) is 6.04. The molecule has 1 aliphatic rings. The van der Waals surface area contributed by atoms with Crippen LogP contribution >= 0.6 is 11.6 Å². The first-order chi connectivity index (χ1) is 16.8. The van der Waals surface area contributed by atoms with E-state index in [1.807, 2.05) is 6.07 Å².